The molecule has 2 heterocycles. The molecule has 0 radical (unpaired) electrons. The van der Waals surface area contributed by atoms with Gasteiger partial charge in [0.2, 0.25) is 6.79 Å². The largest absolute Gasteiger partial charge is 0.508 e. The number of ether oxygens (including phenoxy) is 4. The number of benzene rings is 4. The molecule has 1 aliphatic heterocycles. The molecular weight excluding hydrogens is 652 g/mol. The third kappa shape index (κ3) is 9.78. The van der Waals surface area contributed by atoms with Crippen LogP contribution < -0.4 is 24.3 Å². The lowest BCUT2D eigenvalue weighted by Crippen LogP contribution is -2.29. The van der Waals surface area contributed by atoms with E-state index in [9.17, 15) is 5.11 Å². The number of aromatic hydroxyl groups is 1. The van der Waals surface area contributed by atoms with Crippen LogP contribution in [0.3, 0.4) is 0 Å². The van der Waals surface area contributed by atoms with E-state index in [1.54, 1.807) is 0 Å². The van der Waals surface area contributed by atoms with Gasteiger partial charge in [-0.05, 0) is 117 Å². The molecule has 9 heteroatoms. The molecule has 1 aliphatic rings. The summed E-state index contributed by atoms with van der Waals surface area (Å²) < 4.78 is 23.7. The summed E-state index contributed by atoms with van der Waals surface area (Å²) in [7, 11) is 0. The van der Waals surface area contributed by atoms with E-state index in [1.807, 2.05) is 48.8 Å². The van der Waals surface area contributed by atoms with Crippen LogP contribution in [0.2, 0.25) is 0 Å². The predicted molar refractivity (Wildman–Crippen MR) is 211 cm³/mol. The van der Waals surface area contributed by atoms with E-state index in [4.69, 9.17) is 18.9 Å². The van der Waals surface area contributed by atoms with Crippen molar-refractivity contribution in [2.45, 2.75) is 59.3 Å². The molecule has 0 spiro atoms. The highest BCUT2D eigenvalue weighted by Crippen LogP contribution is 2.38. The standard InChI is InChI=1S/C43H54N4O5/c1-4-46(5-2)20-11-8-12-22-49-42-28-37(24-35-17-19-44-29-39(35)42)50-30-47(6-3)21-10-7-9-18-45-40-27-36(48)23-34-14-13-32(25-38(34)40)33-15-16-41-43(26-33)52-31-51-41/h13-17,19,23-29,45,48H,4-12,18,20-22,30-31H2,1-3H3. The molecule has 6 rings (SSSR count). The SMILES string of the molecule is CCN(CC)CCCCCOc1cc(OCN(CC)CCCCCNc2cc(O)cc3ccc(-c4ccc5c(c4)OCO5)cc23)cc2ccncc12. The zero-order valence-corrected chi connectivity index (χ0v) is 31.0. The molecule has 5 aromatic rings. The highest BCUT2D eigenvalue weighted by molar-refractivity contribution is 5.98. The number of hydrogen-bond donors (Lipinski definition) is 2. The number of phenolic OH excluding ortho intramolecular Hbond substituents is 1. The van der Waals surface area contributed by atoms with Crippen molar-refractivity contribution in [2.24, 2.45) is 0 Å². The van der Waals surface area contributed by atoms with Crippen LogP contribution in [0, 0.1) is 0 Å². The highest BCUT2D eigenvalue weighted by Gasteiger charge is 2.15. The van der Waals surface area contributed by atoms with Crippen molar-refractivity contribution in [3.8, 4) is 39.9 Å². The first kappa shape index (κ1) is 37.0. The van der Waals surface area contributed by atoms with Crippen LogP contribution in [0.4, 0.5) is 5.69 Å². The van der Waals surface area contributed by atoms with Crippen molar-refractivity contribution in [2.75, 3.05) is 64.7 Å². The molecule has 0 atom stereocenters. The Labute approximate surface area is 308 Å². The van der Waals surface area contributed by atoms with Gasteiger partial charge in [-0.1, -0.05) is 45.4 Å². The lowest BCUT2D eigenvalue weighted by molar-refractivity contribution is 0.129. The summed E-state index contributed by atoms with van der Waals surface area (Å²) in [6, 6.07) is 22.1. The average Bonchev–Trinajstić information content (AvgIpc) is 3.65. The number of aromatic nitrogens is 1. The van der Waals surface area contributed by atoms with Crippen molar-refractivity contribution >= 4 is 27.2 Å². The fourth-order valence-electron chi connectivity index (χ4n) is 6.76. The topological polar surface area (TPSA) is 88.6 Å². The Bertz CT molecular complexity index is 1900. The monoisotopic (exact) mass is 706 g/mol. The summed E-state index contributed by atoms with van der Waals surface area (Å²) in [5.41, 5.74) is 3.09. The van der Waals surface area contributed by atoms with Crippen molar-refractivity contribution in [1.82, 2.24) is 14.8 Å². The number of nitrogens with one attached hydrogen (secondary N) is 1. The van der Waals surface area contributed by atoms with Gasteiger partial charge >= 0.3 is 0 Å². The molecule has 0 bridgehead atoms. The highest BCUT2D eigenvalue weighted by atomic mass is 16.7. The number of rotatable bonds is 21. The molecule has 0 fully saturated rings. The molecule has 0 saturated carbocycles. The second kappa shape index (κ2) is 18.7. The summed E-state index contributed by atoms with van der Waals surface area (Å²) in [5, 5.41) is 18.2. The minimum atomic E-state index is 0.256. The van der Waals surface area contributed by atoms with Crippen LogP contribution in [-0.4, -0.2) is 79.3 Å². The Morgan fingerprint density at radius 1 is 0.712 bits per heavy atom. The minimum absolute atomic E-state index is 0.256. The van der Waals surface area contributed by atoms with Gasteiger partial charge in [-0.3, -0.25) is 9.88 Å². The smallest absolute Gasteiger partial charge is 0.231 e. The lowest BCUT2D eigenvalue weighted by Gasteiger charge is -2.21. The zero-order valence-electron chi connectivity index (χ0n) is 31.0. The maximum Gasteiger partial charge on any atom is 0.231 e. The summed E-state index contributed by atoms with van der Waals surface area (Å²) in [6.45, 7) is 14.1. The van der Waals surface area contributed by atoms with Gasteiger partial charge < -0.3 is 34.3 Å². The van der Waals surface area contributed by atoms with Crippen molar-refractivity contribution in [1.29, 1.82) is 0 Å². The fraction of sp³-hybridized carbons (Fsp3) is 0.419. The van der Waals surface area contributed by atoms with Gasteiger partial charge in [0.05, 0.1) is 6.61 Å². The first-order chi connectivity index (χ1) is 25.5. The molecule has 0 unspecified atom stereocenters. The van der Waals surface area contributed by atoms with Crippen LogP contribution in [0.5, 0.6) is 28.7 Å². The molecule has 2 N–H and O–H groups in total. The quantitative estimate of drug-likeness (QED) is 0.0573. The van der Waals surface area contributed by atoms with Crippen LogP contribution in [0.25, 0.3) is 32.7 Å². The second-order valence-electron chi connectivity index (χ2n) is 13.4. The van der Waals surface area contributed by atoms with E-state index in [2.05, 4.69) is 71.2 Å². The molecule has 4 aromatic carbocycles. The summed E-state index contributed by atoms with van der Waals surface area (Å²) >= 11 is 0. The number of pyridine rings is 1. The van der Waals surface area contributed by atoms with Crippen LogP contribution in [-0.2, 0) is 0 Å². The fourth-order valence-corrected chi connectivity index (χ4v) is 6.76. The van der Waals surface area contributed by atoms with E-state index in [0.29, 0.717) is 13.3 Å². The molecule has 9 nitrogen and oxygen atoms in total. The molecule has 0 amide bonds. The first-order valence-corrected chi connectivity index (χ1v) is 19.0. The molecule has 1 aromatic heterocycles. The Hall–Kier alpha value is -4.73. The number of fused-ring (bicyclic) bond motifs is 3. The minimum Gasteiger partial charge on any atom is -0.508 e. The zero-order chi connectivity index (χ0) is 36.1. The van der Waals surface area contributed by atoms with E-state index in [1.165, 1.54) is 6.42 Å². The van der Waals surface area contributed by atoms with E-state index < -0.39 is 0 Å². The average molecular weight is 707 g/mol. The van der Waals surface area contributed by atoms with Crippen molar-refractivity contribution in [3.63, 3.8) is 0 Å². The maximum atomic E-state index is 10.4. The van der Waals surface area contributed by atoms with Crippen LogP contribution in [0.15, 0.2) is 79.1 Å². The Balaban J connectivity index is 0.962. The van der Waals surface area contributed by atoms with Crippen LogP contribution >= 0.6 is 0 Å². The molecular formula is C43H54N4O5. The van der Waals surface area contributed by atoms with E-state index >= 15 is 0 Å². The maximum absolute atomic E-state index is 10.4. The summed E-state index contributed by atoms with van der Waals surface area (Å²) in [6.07, 6.45) is 10.2. The number of anilines is 1. The summed E-state index contributed by atoms with van der Waals surface area (Å²) in [4.78, 5) is 9.15. The van der Waals surface area contributed by atoms with Gasteiger partial charge in [0, 0.05) is 54.1 Å². The number of hydrogen-bond acceptors (Lipinski definition) is 9. The molecule has 276 valence electrons. The predicted octanol–water partition coefficient (Wildman–Crippen LogP) is 9.32. The van der Waals surface area contributed by atoms with E-state index in [-0.39, 0.29) is 12.5 Å². The van der Waals surface area contributed by atoms with Crippen molar-refractivity contribution in [3.05, 3.63) is 79.1 Å². The van der Waals surface area contributed by atoms with Gasteiger partial charge in [0.15, 0.2) is 11.5 Å². The molecule has 0 aliphatic carbocycles. The Kier molecular flexibility index (Phi) is 13.3. The normalized spacial score (nSPS) is 12.3. The Morgan fingerprint density at radius 3 is 2.31 bits per heavy atom. The molecule has 0 saturated heterocycles. The van der Waals surface area contributed by atoms with Crippen LogP contribution in [0.1, 0.15) is 59.3 Å². The third-order valence-electron chi connectivity index (χ3n) is 9.93. The Morgan fingerprint density at radius 2 is 1.46 bits per heavy atom. The van der Waals surface area contributed by atoms with Gasteiger partial charge in [0.25, 0.3) is 0 Å². The second-order valence-corrected chi connectivity index (χ2v) is 13.4. The summed E-state index contributed by atoms with van der Waals surface area (Å²) in [5.74, 6) is 3.45. The number of phenols is 1. The lowest BCUT2D eigenvalue weighted by atomic mass is 9.99. The van der Waals surface area contributed by atoms with Gasteiger partial charge in [-0.15, -0.1) is 0 Å². The molecule has 52 heavy (non-hydrogen) atoms. The number of unbranched alkanes of at least 4 members (excludes halogenated alkanes) is 4. The van der Waals surface area contributed by atoms with Crippen molar-refractivity contribution < 1.29 is 24.1 Å². The van der Waals surface area contributed by atoms with E-state index in [0.717, 1.165) is 133 Å². The first-order valence-electron chi connectivity index (χ1n) is 19.0. The third-order valence-corrected chi connectivity index (χ3v) is 9.93. The number of nitrogens with zero attached hydrogens (tertiary/aromatic N) is 3. The van der Waals surface area contributed by atoms with Gasteiger partial charge in [-0.25, -0.2) is 0 Å². The van der Waals surface area contributed by atoms with Gasteiger partial charge in [0.1, 0.15) is 24.0 Å². The van der Waals surface area contributed by atoms with Gasteiger partial charge in [-0.2, -0.15) is 0 Å².